The van der Waals surface area contributed by atoms with E-state index in [-0.39, 0.29) is 0 Å². The first kappa shape index (κ1) is 17.4. The van der Waals surface area contributed by atoms with Gasteiger partial charge in [0.25, 0.3) is 0 Å². The van der Waals surface area contributed by atoms with Crippen LogP contribution < -0.4 is 10.6 Å². The maximum absolute atomic E-state index is 4.29. The molecule has 6 nitrogen and oxygen atoms in total. The summed E-state index contributed by atoms with van der Waals surface area (Å²) in [6.45, 7) is 3.91. The number of hydrogen-bond donors (Lipinski definition) is 2. The Labute approximate surface area is 152 Å². The molecule has 3 heterocycles. The van der Waals surface area contributed by atoms with E-state index in [1.165, 1.54) is 4.88 Å². The molecule has 0 aromatic carbocycles. The molecule has 0 aliphatic heterocycles. The molecule has 132 valence electrons. The first-order valence-corrected chi connectivity index (χ1v) is 9.40. The second-order valence-corrected chi connectivity index (χ2v) is 7.10. The molecule has 0 saturated carbocycles. The molecule has 7 heteroatoms. The number of aliphatic imine (C=N–C) groups is 1. The zero-order valence-corrected chi connectivity index (χ0v) is 15.5. The van der Waals surface area contributed by atoms with Gasteiger partial charge in [0.15, 0.2) is 11.6 Å². The van der Waals surface area contributed by atoms with Crippen molar-refractivity contribution in [1.29, 1.82) is 0 Å². The minimum Gasteiger partial charge on any atom is -0.356 e. The summed E-state index contributed by atoms with van der Waals surface area (Å²) in [7, 11) is 1.80. The van der Waals surface area contributed by atoms with Gasteiger partial charge in [-0.25, -0.2) is 0 Å². The lowest BCUT2D eigenvalue weighted by molar-refractivity contribution is 0.562. The molecule has 0 saturated heterocycles. The van der Waals surface area contributed by atoms with Crippen molar-refractivity contribution >= 4 is 22.9 Å². The van der Waals surface area contributed by atoms with Gasteiger partial charge in [0.1, 0.15) is 5.82 Å². The smallest absolute Gasteiger partial charge is 0.190 e. The van der Waals surface area contributed by atoms with Gasteiger partial charge in [-0.05, 0) is 35.9 Å². The molecule has 25 heavy (non-hydrogen) atoms. The zero-order chi connectivity index (χ0) is 17.5. The van der Waals surface area contributed by atoms with Crippen molar-refractivity contribution in [1.82, 2.24) is 25.2 Å². The lowest BCUT2D eigenvalue weighted by atomic mass is 10.1. The summed E-state index contributed by atoms with van der Waals surface area (Å²) in [5, 5.41) is 17.3. The van der Waals surface area contributed by atoms with Crippen molar-refractivity contribution in [3.63, 3.8) is 0 Å². The van der Waals surface area contributed by atoms with E-state index in [0.717, 1.165) is 43.4 Å². The average Bonchev–Trinajstić information content (AvgIpc) is 3.28. The van der Waals surface area contributed by atoms with E-state index in [9.17, 15) is 0 Å². The topological polar surface area (TPSA) is 66.6 Å². The molecule has 3 rings (SSSR count). The number of nitrogens with zero attached hydrogens (tertiary/aromatic N) is 4. The van der Waals surface area contributed by atoms with Crippen LogP contribution in [0, 0.1) is 5.92 Å². The summed E-state index contributed by atoms with van der Waals surface area (Å²) in [5.41, 5.74) is 0.877. The van der Waals surface area contributed by atoms with Crippen LogP contribution in [0.5, 0.6) is 0 Å². The third-order valence-electron chi connectivity index (χ3n) is 4.00. The lowest BCUT2D eigenvalue weighted by Crippen LogP contribution is -2.40. The number of aromatic nitrogens is 3. The third-order valence-corrected chi connectivity index (χ3v) is 4.90. The molecular formula is C18H24N6S. The van der Waals surface area contributed by atoms with Crippen LogP contribution in [0.25, 0.3) is 5.65 Å². The minimum atomic E-state index is 0.553. The Balaban J connectivity index is 1.43. The summed E-state index contributed by atoms with van der Waals surface area (Å²) < 4.78 is 2.01. The minimum absolute atomic E-state index is 0.553. The maximum Gasteiger partial charge on any atom is 0.190 e. The Hall–Kier alpha value is -2.41. The Morgan fingerprint density at radius 3 is 2.96 bits per heavy atom. The number of rotatable bonds is 7. The Morgan fingerprint density at radius 2 is 2.16 bits per heavy atom. The van der Waals surface area contributed by atoms with Gasteiger partial charge in [-0.1, -0.05) is 19.1 Å². The van der Waals surface area contributed by atoms with E-state index in [4.69, 9.17) is 0 Å². The maximum atomic E-state index is 4.29. The normalized spacial score (nSPS) is 13.1. The Bertz CT molecular complexity index is 808. The van der Waals surface area contributed by atoms with Crippen molar-refractivity contribution in [2.75, 3.05) is 20.1 Å². The Morgan fingerprint density at radius 1 is 1.24 bits per heavy atom. The van der Waals surface area contributed by atoms with Crippen molar-refractivity contribution in [2.45, 2.75) is 19.8 Å². The van der Waals surface area contributed by atoms with Crippen LogP contribution >= 0.6 is 11.3 Å². The molecule has 0 aliphatic rings. The van der Waals surface area contributed by atoms with E-state index < -0.39 is 0 Å². The summed E-state index contributed by atoms with van der Waals surface area (Å²) in [4.78, 5) is 5.72. The quantitative estimate of drug-likeness (QED) is 0.504. The van der Waals surface area contributed by atoms with Gasteiger partial charge < -0.3 is 10.6 Å². The van der Waals surface area contributed by atoms with Crippen molar-refractivity contribution in [2.24, 2.45) is 10.9 Å². The van der Waals surface area contributed by atoms with Crippen LogP contribution in [-0.2, 0) is 12.8 Å². The first-order valence-electron chi connectivity index (χ1n) is 8.52. The highest BCUT2D eigenvalue weighted by Gasteiger charge is 2.07. The molecule has 1 unspecified atom stereocenters. The van der Waals surface area contributed by atoms with Gasteiger partial charge in [0, 0.05) is 37.6 Å². The Kier molecular flexibility index (Phi) is 6.00. The van der Waals surface area contributed by atoms with Crippen LogP contribution in [0.1, 0.15) is 17.6 Å². The summed E-state index contributed by atoms with van der Waals surface area (Å²) in [6, 6.07) is 10.2. The fraction of sp³-hybridized carbons (Fsp3) is 0.389. The molecule has 0 spiro atoms. The number of thiophene rings is 1. The fourth-order valence-corrected chi connectivity index (χ4v) is 3.56. The van der Waals surface area contributed by atoms with E-state index >= 15 is 0 Å². The van der Waals surface area contributed by atoms with Crippen molar-refractivity contribution in [3.05, 3.63) is 52.6 Å². The lowest BCUT2D eigenvalue weighted by Gasteiger charge is -2.15. The van der Waals surface area contributed by atoms with Gasteiger partial charge in [-0.2, -0.15) is 0 Å². The van der Waals surface area contributed by atoms with E-state index in [0.29, 0.717) is 5.92 Å². The molecular weight excluding hydrogens is 332 g/mol. The van der Waals surface area contributed by atoms with E-state index in [1.807, 2.05) is 40.1 Å². The predicted molar refractivity (Wildman–Crippen MR) is 103 cm³/mol. The number of guanidine groups is 1. The average molecular weight is 356 g/mol. The molecule has 0 aliphatic carbocycles. The van der Waals surface area contributed by atoms with E-state index in [2.05, 4.69) is 50.3 Å². The van der Waals surface area contributed by atoms with Gasteiger partial charge in [-0.3, -0.25) is 9.39 Å². The van der Waals surface area contributed by atoms with Gasteiger partial charge >= 0.3 is 0 Å². The number of fused-ring (bicyclic) bond motifs is 1. The first-order chi connectivity index (χ1) is 12.3. The van der Waals surface area contributed by atoms with Gasteiger partial charge in [0.05, 0.1) is 0 Å². The number of nitrogens with one attached hydrogen (secondary N) is 2. The van der Waals surface area contributed by atoms with Crippen LogP contribution in [0.4, 0.5) is 0 Å². The molecule has 0 fully saturated rings. The van der Waals surface area contributed by atoms with Crippen molar-refractivity contribution < 1.29 is 0 Å². The predicted octanol–water partition coefficient (Wildman–Crippen LogP) is 2.38. The zero-order valence-electron chi connectivity index (χ0n) is 14.6. The molecule has 0 radical (unpaired) electrons. The summed E-state index contributed by atoms with van der Waals surface area (Å²) >= 11 is 1.82. The molecule has 0 bridgehead atoms. The van der Waals surface area contributed by atoms with Gasteiger partial charge in [-0.15, -0.1) is 21.5 Å². The SMILES string of the molecule is CN=C(NCCc1nnc2ccccn12)NCC(C)Cc1cccs1. The van der Waals surface area contributed by atoms with Crippen LogP contribution in [0.2, 0.25) is 0 Å². The molecule has 1 atom stereocenters. The molecule has 0 amide bonds. The van der Waals surface area contributed by atoms with Crippen LogP contribution in [-0.4, -0.2) is 40.7 Å². The fourth-order valence-electron chi connectivity index (χ4n) is 2.69. The summed E-state index contributed by atoms with van der Waals surface area (Å²) in [6.07, 6.45) is 3.87. The highest BCUT2D eigenvalue weighted by Crippen LogP contribution is 2.13. The monoisotopic (exact) mass is 356 g/mol. The highest BCUT2D eigenvalue weighted by molar-refractivity contribution is 7.09. The number of hydrogen-bond acceptors (Lipinski definition) is 4. The largest absolute Gasteiger partial charge is 0.356 e. The second-order valence-electron chi connectivity index (χ2n) is 6.06. The third kappa shape index (κ3) is 4.79. The second kappa shape index (κ2) is 8.62. The van der Waals surface area contributed by atoms with Crippen LogP contribution in [0.15, 0.2) is 46.9 Å². The molecule has 2 N–H and O–H groups in total. The standard InChI is InChI=1S/C18H24N6S/c1-14(12-15-6-5-11-25-15)13-21-18(19-2)20-9-8-17-23-22-16-7-3-4-10-24(16)17/h3-7,10-11,14H,8-9,12-13H2,1-2H3,(H2,19,20,21). The van der Waals surface area contributed by atoms with E-state index in [1.54, 1.807) is 7.05 Å². The van der Waals surface area contributed by atoms with Crippen LogP contribution in [0.3, 0.4) is 0 Å². The molecule has 3 aromatic rings. The number of pyridine rings is 1. The molecule has 3 aromatic heterocycles. The highest BCUT2D eigenvalue weighted by atomic mass is 32.1. The summed E-state index contributed by atoms with van der Waals surface area (Å²) in [5.74, 6) is 2.33. The van der Waals surface area contributed by atoms with Gasteiger partial charge in [0.2, 0.25) is 0 Å². The van der Waals surface area contributed by atoms with Crippen molar-refractivity contribution in [3.8, 4) is 0 Å².